The molecule has 0 saturated carbocycles. The molecule has 2 aromatic rings. The molecule has 1 atom stereocenters. The van der Waals surface area contributed by atoms with Crippen LogP contribution in [-0.2, 0) is 0 Å². The summed E-state index contributed by atoms with van der Waals surface area (Å²) in [6, 6.07) is 6.03. The molecule has 0 aliphatic heterocycles. The van der Waals surface area contributed by atoms with Crippen LogP contribution in [0.2, 0.25) is 0 Å². The summed E-state index contributed by atoms with van der Waals surface area (Å²) in [6.07, 6.45) is 7.85. The Morgan fingerprint density at radius 3 is 2.78 bits per heavy atom. The molecule has 0 radical (unpaired) electrons. The number of nitrogens with two attached hydrogens (primary N) is 2. The molecule has 4 N–H and O–H groups in total. The van der Waals surface area contributed by atoms with Crippen molar-refractivity contribution in [3.8, 4) is 16.3 Å². The van der Waals surface area contributed by atoms with Gasteiger partial charge in [-0.2, -0.15) is 0 Å². The van der Waals surface area contributed by atoms with E-state index in [-0.39, 0.29) is 12.1 Å². The van der Waals surface area contributed by atoms with Gasteiger partial charge in [0.15, 0.2) is 0 Å². The maximum Gasteiger partial charge on any atom is 0.148 e. The van der Waals surface area contributed by atoms with E-state index in [1.54, 1.807) is 11.3 Å². The topological polar surface area (TPSA) is 87.0 Å². The Hall–Kier alpha value is -2.18. The Kier molecular flexibility index (Phi) is 5.02. The van der Waals surface area contributed by atoms with E-state index in [1.165, 1.54) is 16.7 Å². The van der Waals surface area contributed by atoms with E-state index in [9.17, 15) is 0 Å². The van der Waals surface area contributed by atoms with Gasteiger partial charge in [-0.05, 0) is 75.3 Å². The summed E-state index contributed by atoms with van der Waals surface area (Å²) in [5, 5.41) is 10.8. The quantitative estimate of drug-likeness (QED) is 0.757. The average molecular weight is 383 g/mol. The highest BCUT2D eigenvalue weighted by atomic mass is 32.1. The Bertz CT molecular complexity index is 913. The van der Waals surface area contributed by atoms with Gasteiger partial charge in [-0.1, -0.05) is 17.4 Å². The van der Waals surface area contributed by atoms with Crippen LogP contribution in [-0.4, -0.2) is 22.3 Å². The van der Waals surface area contributed by atoms with E-state index < -0.39 is 0 Å². The molecule has 4 rings (SSSR count). The molecule has 0 amide bonds. The minimum absolute atomic E-state index is 0.0915. The Balaban J connectivity index is 1.63. The molecule has 1 heterocycles. The average Bonchev–Trinajstić information content (AvgIpc) is 3.13. The lowest BCUT2D eigenvalue weighted by molar-refractivity contribution is 0.244. The summed E-state index contributed by atoms with van der Waals surface area (Å²) >= 11 is 1.62. The van der Waals surface area contributed by atoms with Gasteiger partial charge in [0.05, 0.1) is 11.8 Å². The summed E-state index contributed by atoms with van der Waals surface area (Å²) in [5.74, 6) is 0.708. The molecule has 1 aromatic heterocycles. The van der Waals surface area contributed by atoms with Crippen molar-refractivity contribution in [3.63, 3.8) is 0 Å². The lowest BCUT2D eigenvalue weighted by Gasteiger charge is -2.29. The Morgan fingerprint density at radius 2 is 2.00 bits per heavy atom. The number of anilines is 1. The Labute approximate surface area is 164 Å². The summed E-state index contributed by atoms with van der Waals surface area (Å²) < 4.78 is 5.72. The number of rotatable bonds is 4. The van der Waals surface area contributed by atoms with Crippen molar-refractivity contribution in [2.45, 2.75) is 58.1 Å². The zero-order valence-corrected chi connectivity index (χ0v) is 16.7. The first-order chi connectivity index (χ1) is 13.0. The number of ether oxygens (including phenoxy) is 1. The third-order valence-corrected chi connectivity index (χ3v) is 6.14. The highest BCUT2D eigenvalue weighted by Gasteiger charge is 2.26. The second-order valence-electron chi connectivity index (χ2n) is 7.49. The highest BCUT2D eigenvalue weighted by molar-refractivity contribution is 7.15. The van der Waals surface area contributed by atoms with Crippen molar-refractivity contribution in [2.24, 2.45) is 5.73 Å². The van der Waals surface area contributed by atoms with Gasteiger partial charge >= 0.3 is 0 Å². The van der Waals surface area contributed by atoms with E-state index in [4.69, 9.17) is 16.2 Å². The lowest BCUT2D eigenvalue weighted by atomic mass is 9.79. The van der Waals surface area contributed by atoms with Gasteiger partial charge in [-0.3, -0.25) is 0 Å². The van der Waals surface area contributed by atoms with Crippen LogP contribution in [0.1, 0.15) is 51.0 Å². The minimum atomic E-state index is 0.0915. The first-order valence-corrected chi connectivity index (χ1v) is 10.4. The first kappa shape index (κ1) is 18.2. The number of aromatic nitrogens is 2. The Morgan fingerprint density at radius 1 is 1.19 bits per heavy atom. The van der Waals surface area contributed by atoms with Gasteiger partial charge in [0.25, 0.3) is 0 Å². The normalized spacial score (nSPS) is 19.9. The van der Waals surface area contributed by atoms with E-state index in [0.717, 1.165) is 47.7 Å². The molecule has 0 unspecified atom stereocenters. The molecular weight excluding hydrogens is 356 g/mol. The minimum Gasteiger partial charge on any atom is -0.489 e. The van der Waals surface area contributed by atoms with Crippen LogP contribution < -0.4 is 16.2 Å². The zero-order valence-electron chi connectivity index (χ0n) is 15.9. The van der Waals surface area contributed by atoms with Crippen LogP contribution in [0.15, 0.2) is 35.4 Å². The molecule has 6 heteroatoms. The van der Waals surface area contributed by atoms with Crippen LogP contribution in [0.5, 0.6) is 5.75 Å². The van der Waals surface area contributed by atoms with Gasteiger partial charge in [-0.25, -0.2) is 0 Å². The largest absolute Gasteiger partial charge is 0.489 e. The molecule has 0 fully saturated rings. The SMILES string of the molecule is CC(C)Oc1ccc(-c2nnc(C3=CCCC4=C3CCC[C@@H]4N)s2)cc1N. The summed E-state index contributed by atoms with van der Waals surface area (Å²) in [6.45, 7) is 3.98. The van der Waals surface area contributed by atoms with Crippen molar-refractivity contribution in [3.05, 3.63) is 40.4 Å². The maximum atomic E-state index is 6.35. The second kappa shape index (κ2) is 7.44. The molecule has 0 spiro atoms. The van der Waals surface area contributed by atoms with Gasteiger partial charge in [0.1, 0.15) is 15.8 Å². The zero-order chi connectivity index (χ0) is 19.0. The van der Waals surface area contributed by atoms with Gasteiger partial charge in [0, 0.05) is 17.2 Å². The number of hydrogen-bond donors (Lipinski definition) is 2. The van der Waals surface area contributed by atoms with Crippen LogP contribution in [0, 0.1) is 0 Å². The standard InChI is InChI=1S/C21H26N4OS/c1-12(2)26-19-10-9-13(11-18(19)23)20-24-25-21(27-20)16-7-3-6-15-14(16)5-4-8-17(15)22/h7,9-12,17H,3-6,8,22-23H2,1-2H3/t17-/m0/s1. The molecule has 142 valence electrons. The fraction of sp³-hybridized carbons (Fsp3) is 0.429. The van der Waals surface area contributed by atoms with Crippen molar-refractivity contribution >= 4 is 22.6 Å². The predicted octanol–water partition coefficient (Wildman–Crippen LogP) is 4.56. The fourth-order valence-electron chi connectivity index (χ4n) is 3.90. The van der Waals surface area contributed by atoms with E-state index in [2.05, 4.69) is 16.3 Å². The van der Waals surface area contributed by atoms with Crippen LogP contribution in [0.4, 0.5) is 5.69 Å². The molecule has 1 aromatic carbocycles. The number of nitrogens with zero attached hydrogens (tertiary/aromatic N) is 2. The first-order valence-electron chi connectivity index (χ1n) is 9.61. The lowest BCUT2D eigenvalue weighted by Crippen LogP contribution is -2.28. The van der Waals surface area contributed by atoms with Gasteiger partial charge in [-0.15, -0.1) is 10.2 Å². The molecule has 0 saturated heterocycles. The molecule has 5 nitrogen and oxygen atoms in total. The number of benzene rings is 1. The summed E-state index contributed by atoms with van der Waals surface area (Å²) in [5.41, 5.74) is 18.2. The molecule has 2 aliphatic rings. The van der Waals surface area contributed by atoms with E-state index >= 15 is 0 Å². The van der Waals surface area contributed by atoms with Gasteiger partial charge < -0.3 is 16.2 Å². The third-order valence-electron chi connectivity index (χ3n) is 5.14. The smallest absolute Gasteiger partial charge is 0.148 e. The maximum absolute atomic E-state index is 6.35. The molecular formula is C21H26N4OS. The number of allylic oxidation sites excluding steroid dienone is 3. The van der Waals surface area contributed by atoms with Crippen LogP contribution >= 0.6 is 11.3 Å². The van der Waals surface area contributed by atoms with Crippen molar-refractivity contribution in [1.29, 1.82) is 0 Å². The third kappa shape index (κ3) is 3.64. The van der Waals surface area contributed by atoms with Crippen LogP contribution in [0.3, 0.4) is 0 Å². The van der Waals surface area contributed by atoms with Crippen molar-refractivity contribution < 1.29 is 4.74 Å². The summed E-state index contributed by atoms with van der Waals surface area (Å²) in [7, 11) is 0. The second-order valence-corrected chi connectivity index (χ2v) is 8.47. The number of hydrogen-bond acceptors (Lipinski definition) is 6. The molecule has 2 aliphatic carbocycles. The molecule has 27 heavy (non-hydrogen) atoms. The monoisotopic (exact) mass is 382 g/mol. The predicted molar refractivity (Wildman–Crippen MR) is 112 cm³/mol. The van der Waals surface area contributed by atoms with Gasteiger partial charge in [0.2, 0.25) is 0 Å². The van der Waals surface area contributed by atoms with E-state index in [1.807, 2.05) is 32.0 Å². The fourth-order valence-corrected chi connectivity index (χ4v) is 4.81. The highest BCUT2D eigenvalue weighted by Crippen LogP contribution is 2.42. The van der Waals surface area contributed by atoms with Crippen molar-refractivity contribution in [1.82, 2.24) is 10.2 Å². The summed E-state index contributed by atoms with van der Waals surface area (Å²) in [4.78, 5) is 0. The van der Waals surface area contributed by atoms with Crippen LogP contribution in [0.25, 0.3) is 16.1 Å². The van der Waals surface area contributed by atoms with E-state index in [0.29, 0.717) is 11.4 Å². The molecule has 0 bridgehead atoms. The number of nitrogen functional groups attached to an aromatic ring is 1. The van der Waals surface area contributed by atoms with Crippen molar-refractivity contribution in [2.75, 3.05) is 5.73 Å².